The molecule has 0 aliphatic carbocycles. The predicted molar refractivity (Wildman–Crippen MR) is 129 cm³/mol. The number of anilines is 1. The van der Waals surface area contributed by atoms with Gasteiger partial charge in [0, 0.05) is 23.7 Å². The third kappa shape index (κ3) is 7.06. The van der Waals surface area contributed by atoms with Crippen LogP contribution in [0.4, 0.5) is 5.69 Å². The number of benzene rings is 2. The van der Waals surface area contributed by atoms with Crippen molar-refractivity contribution in [3.05, 3.63) is 65.7 Å². The normalized spacial score (nSPS) is 11.7. The van der Waals surface area contributed by atoms with E-state index in [-0.39, 0.29) is 23.4 Å². The monoisotopic (exact) mass is 566 g/mol. The summed E-state index contributed by atoms with van der Waals surface area (Å²) < 4.78 is 1.00. The predicted octanol–water partition coefficient (Wildman–Crippen LogP) is 6.37. The van der Waals surface area contributed by atoms with Crippen LogP contribution in [0.1, 0.15) is 28.9 Å². The molecule has 13 heteroatoms. The number of hydrogen-bond acceptors (Lipinski definition) is 6. The molecular formula is C20H12Cl6N4O3. The number of carbonyl (C=O) groups is 2. The highest BCUT2D eigenvalue weighted by Crippen LogP contribution is 2.40. The van der Waals surface area contributed by atoms with Gasteiger partial charge in [0.05, 0.1) is 0 Å². The van der Waals surface area contributed by atoms with Gasteiger partial charge in [-0.3, -0.25) is 9.59 Å². The van der Waals surface area contributed by atoms with E-state index in [4.69, 9.17) is 74.3 Å². The smallest absolute Gasteiger partial charge is 0.308 e. The van der Waals surface area contributed by atoms with Crippen LogP contribution in [0.25, 0.3) is 11.4 Å². The van der Waals surface area contributed by atoms with Gasteiger partial charge in [0.15, 0.2) is 17.5 Å². The second-order valence-corrected chi connectivity index (χ2v) is 11.0. The molecule has 1 heterocycles. The zero-order valence-electron chi connectivity index (χ0n) is 16.5. The summed E-state index contributed by atoms with van der Waals surface area (Å²) in [6.45, 7) is 1.29. The fraction of sp³-hybridized carbons (Fsp3) is 0.150. The Morgan fingerprint density at radius 1 is 0.788 bits per heavy atom. The molecule has 0 radical (unpaired) electrons. The summed E-state index contributed by atoms with van der Waals surface area (Å²) in [6, 6.07) is 12.6. The minimum atomic E-state index is -1.97. The molecule has 0 aliphatic rings. The number of amides is 1. The van der Waals surface area contributed by atoms with E-state index in [1.807, 2.05) is 0 Å². The van der Waals surface area contributed by atoms with Gasteiger partial charge < -0.3 is 10.1 Å². The van der Waals surface area contributed by atoms with Crippen molar-refractivity contribution in [3.63, 3.8) is 0 Å². The van der Waals surface area contributed by atoms with Crippen molar-refractivity contribution in [2.75, 3.05) is 5.32 Å². The standard InChI is InChI=1S/C20H12Cl6N4O3/c1-10(31)33-14-8-4-12(5-9-14)16(32)27-13-6-2-11(3-7-13)15-28-17(19(21,22)23)30-18(29-15)20(24,25)26/h2-9H,1H3,(H,27,32). The van der Waals surface area contributed by atoms with Crippen LogP contribution in [0.15, 0.2) is 48.5 Å². The summed E-state index contributed by atoms with van der Waals surface area (Å²) in [6.07, 6.45) is 0. The number of alkyl halides is 6. The largest absolute Gasteiger partial charge is 0.427 e. The topological polar surface area (TPSA) is 94.1 Å². The first-order chi connectivity index (χ1) is 15.3. The Balaban J connectivity index is 1.81. The number of aromatic nitrogens is 3. The number of carbonyl (C=O) groups excluding carboxylic acids is 2. The van der Waals surface area contributed by atoms with Crippen molar-refractivity contribution in [1.29, 1.82) is 0 Å². The molecule has 0 saturated heterocycles. The Bertz CT molecular complexity index is 1140. The summed E-state index contributed by atoms with van der Waals surface area (Å²) >= 11 is 35.4. The molecule has 0 aliphatic heterocycles. The quantitative estimate of drug-likeness (QED) is 0.223. The summed E-state index contributed by atoms with van der Waals surface area (Å²) in [7, 11) is 0. The van der Waals surface area contributed by atoms with Crippen LogP contribution in [0.3, 0.4) is 0 Å². The Kier molecular flexibility index (Phi) is 7.94. The maximum atomic E-state index is 12.5. The molecule has 0 atom stereocenters. The lowest BCUT2D eigenvalue weighted by atomic mass is 10.1. The molecule has 33 heavy (non-hydrogen) atoms. The molecule has 3 rings (SSSR count). The summed E-state index contributed by atoms with van der Waals surface area (Å²) in [5.74, 6) is -0.806. The van der Waals surface area contributed by atoms with Crippen LogP contribution < -0.4 is 10.1 Å². The lowest BCUT2D eigenvalue weighted by molar-refractivity contribution is -0.131. The van der Waals surface area contributed by atoms with Crippen molar-refractivity contribution in [1.82, 2.24) is 15.0 Å². The van der Waals surface area contributed by atoms with Crippen LogP contribution in [0.2, 0.25) is 0 Å². The zero-order valence-corrected chi connectivity index (χ0v) is 21.0. The number of nitrogens with one attached hydrogen (secondary N) is 1. The van der Waals surface area contributed by atoms with Gasteiger partial charge in [-0.25, -0.2) is 15.0 Å². The Morgan fingerprint density at radius 3 is 1.76 bits per heavy atom. The van der Waals surface area contributed by atoms with E-state index >= 15 is 0 Å². The molecule has 0 saturated carbocycles. The highest BCUT2D eigenvalue weighted by molar-refractivity contribution is 6.67. The minimum Gasteiger partial charge on any atom is -0.427 e. The van der Waals surface area contributed by atoms with Gasteiger partial charge in [-0.2, -0.15) is 0 Å². The average Bonchev–Trinajstić information content (AvgIpc) is 2.73. The molecule has 2 aromatic carbocycles. The Morgan fingerprint density at radius 2 is 1.30 bits per heavy atom. The van der Waals surface area contributed by atoms with Crippen molar-refractivity contribution >= 4 is 87.2 Å². The first-order valence-corrected chi connectivity index (χ1v) is 11.2. The molecule has 0 unspecified atom stereocenters. The number of rotatable bonds is 4. The van der Waals surface area contributed by atoms with Crippen LogP contribution in [-0.4, -0.2) is 26.8 Å². The number of ether oxygens (including phenoxy) is 1. The molecule has 1 aromatic heterocycles. The van der Waals surface area contributed by atoms with Gasteiger partial charge in [0.2, 0.25) is 7.59 Å². The first kappa shape index (κ1) is 25.7. The lowest BCUT2D eigenvalue weighted by Crippen LogP contribution is -2.16. The molecule has 0 spiro atoms. The zero-order chi connectivity index (χ0) is 24.4. The summed E-state index contributed by atoms with van der Waals surface area (Å²) in [5, 5.41) is 2.74. The van der Waals surface area contributed by atoms with E-state index in [0.29, 0.717) is 22.6 Å². The Hall–Kier alpha value is -1.87. The first-order valence-electron chi connectivity index (χ1n) is 8.93. The van der Waals surface area contributed by atoms with Gasteiger partial charge in [-0.05, 0) is 48.5 Å². The number of halogens is 6. The van der Waals surface area contributed by atoms with Crippen molar-refractivity contribution in [2.24, 2.45) is 0 Å². The molecule has 3 aromatic rings. The molecule has 0 bridgehead atoms. The van der Waals surface area contributed by atoms with Crippen molar-refractivity contribution in [3.8, 4) is 17.1 Å². The van der Waals surface area contributed by atoms with Gasteiger partial charge in [-0.1, -0.05) is 69.6 Å². The van der Waals surface area contributed by atoms with Crippen molar-refractivity contribution < 1.29 is 14.3 Å². The maximum absolute atomic E-state index is 12.5. The van der Waals surface area contributed by atoms with E-state index in [1.165, 1.54) is 31.2 Å². The molecule has 1 N–H and O–H groups in total. The van der Waals surface area contributed by atoms with E-state index < -0.39 is 13.6 Å². The highest BCUT2D eigenvalue weighted by atomic mass is 35.6. The van der Waals surface area contributed by atoms with E-state index in [9.17, 15) is 9.59 Å². The third-order valence-electron chi connectivity index (χ3n) is 3.92. The molecular weight excluding hydrogens is 557 g/mol. The summed E-state index contributed by atoms with van der Waals surface area (Å²) in [5.41, 5.74) is 1.35. The van der Waals surface area contributed by atoms with Gasteiger partial charge in [0.1, 0.15) is 5.75 Å². The van der Waals surface area contributed by atoms with Gasteiger partial charge >= 0.3 is 5.97 Å². The second-order valence-electron chi connectivity index (χ2n) is 6.45. The van der Waals surface area contributed by atoms with Crippen LogP contribution >= 0.6 is 69.6 Å². The average molecular weight is 569 g/mol. The molecule has 0 fully saturated rings. The van der Waals surface area contributed by atoms with E-state index in [0.717, 1.165) is 0 Å². The van der Waals surface area contributed by atoms with Gasteiger partial charge in [0.25, 0.3) is 5.91 Å². The number of hydrogen-bond donors (Lipinski definition) is 1. The Labute approximate surface area is 218 Å². The van der Waals surface area contributed by atoms with Crippen LogP contribution in [-0.2, 0) is 12.4 Å². The second kappa shape index (κ2) is 10.2. The van der Waals surface area contributed by atoms with Crippen LogP contribution in [0, 0.1) is 0 Å². The highest BCUT2D eigenvalue weighted by Gasteiger charge is 2.34. The molecule has 172 valence electrons. The minimum absolute atomic E-state index is 0.103. The third-order valence-corrected chi connectivity index (χ3v) is 4.94. The van der Waals surface area contributed by atoms with E-state index in [1.54, 1.807) is 24.3 Å². The maximum Gasteiger partial charge on any atom is 0.308 e. The van der Waals surface area contributed by atoms with Crippen molar-refractivity contribution in [2.45, 2.75) is 14.5 Å². The van der Waals surface area contributed by atoms with Gasteiger partial charge in [-0.15, -0.1) is 0 Å². The van der Waals surface area contributed by atoms with E-state index in [2.05, 4.69) is 20.3 Å². The lowest BCUT2D eigenvalue weighted by Gasteiger charge is -2.15. The SMILES string of the molecule is CC(=O)Oc1ccc(C(=O)Nc2ccc(-c3nc(C(Cl)(Cl)Cl)nc(C(Cl)(Cl)Cl)n3)cc2)cc1. The number of nitrogens with zero attached hydrogens (tertiary/aromatic N) is 3. The fourth-order valence-electron chi connectivity index (χ4n) is 2.50. The van der Waals surface area contributed by atoms with Crippen LogP contribution in [0.5, 0.6) is 5.75 Å². The summed E-state index contributed by atoms with van der Waals surface area (Å²) in [4.78, 5) is 35.6. The number of esters is 1. The molecule has 1 amide bonds. The molecule has 7 nitrogen and oxygen atoms in total. The fourth-order valence-corrected chi connectivity index (χ4v) is 3.01.